The van der Waals surface area contributed by atoms with Crippen LogP contribution in [0, 0.1) is 5.92 Å². The van der Waals surface area contributed by atoms with E-state index in [0.717, 1.165) is 0 Å². The number of hydrogen-bond acceptors (Lipinski definition) is 5. The van der Waals surface area contributed by atoms with Crippen LogP contribution in [0.1, 0.15) is 6.42 Å². The fraction of sp³-hybridized carbons (Fsp3) is 0.947. The highest BCUT2D eigenvalue weighted by molar-refractivity contribution is 6.71. The predicted molar refractivity (Wildman–Crippen MR) is 127 cm³/mol. The molecular weight excluding hydrogens is 421 g/mol. The molecule has 0 aromatic heterocycles. The molecule has 0 saturated heterocycles. The molecule has 5 nitrogen and oxygen atoms in total. The van der Waals surface area contributed by atoms with Crippen LogP contribution in [0.25, 0.3) is 0 Å². The Kier molecular flexibility index (Phi) is 8.73. The van der Waals surface area contributed by atoms with Gasteiger partial charge in [-0.1, -0.05) is 0 Å². The summed E-state index contributed by atoms with van der Waals surface area (Å²) < 4.78 is 25.9. The van der Waals surface area contributed by atoms with E-state index in [1.807, 2.05) is 0 Å². The molecule has 0 bridgehead atoms. The molecule has 0 aromatic rings. The van der Waals surface area contributed by atoms with Crippen LogP contribution in [0.5, 0.6) is 0 Å². The van der Waals surface area contributed by atoms with E-state index in [9.17, 15) is 4.79 Å². The normalized spacial score (nSPS) is 27.9. The van der Waals surface area contributed by atoms with Crippen molar-refractivity contribution in [2.45, 2.75) is 103 Å². The Morgan fingerprint density at radius 2 is 1.11 bits per heavy atom. The highest BCUT2D eigenvalue weighted by Gasteiger charge is 2.50. The van der Waals surface area contributed by atoms with Gasteiger partial charge >= 0.3 is 0 Å². The quantitative estimate of drug-likeness (QED) is 0.445. The van der Waals surface area contributed by atoms with Crippen molar-refractivity contribution in [1.82, 2.24) is 0 Å². The SMILES string of the molecule is C[Si](C)(C)OC[C@H]1CC(=O)[C@H](O[Si](C)(C)C)[C@@H](O[Si](C)(C)C)[C@@H]1O[Si](C)(C)C. The average molecular weight is 465 g/mol. The highest BCUT2D eigenvalue weighted by atomic mass is 28.4. The van der Waals surface area contributed by atoms with Crippen molar-refractivity contribution in [3.8, 4) is 0 Å². The van der Waals surface area contributed by atoms with Crippen molar-refractivity contribution in [1.29, 1.82) is 0 Å². The van der Waals surface area contributed by atoms with Crippen molar-refractivity contribution in [2.75, 3.05) is 6.61 Å². The lowest BCUT2D eigenvalue weighted by Crippen LogP contribution is -2.62. The van der Waals surface area contributed by atoms with Gasteiger partial charge in [0.2, 0.25) is 0 Å². The molecule has 166 valence electrons. The smallest absolute Gasteiger partial charge is 0.184 e. The third-order valence-corrected chi connectivity index (χ3v) is 8.01. The minimum atomic E-state index is -1.92. The van der Waals surface area contributed by atoms with Gasteiger partial charge in [-0.25, -0.2) is 0 Å². The van der Waals surface area contributed by atoms with Crippen LogP contribution in [-0.4, -0.2) is 64.0 Å². The van der Waals surface area contributed by atoms with Crippen molar-refractivity contribution in [2.24, 2.45) is 5.92 Å². The van der Waals surface area contributed by atoms with Crippen LogP contribution >= 0.6 is 0 Å². The Morgan fingerprint density at radius 1 is 0.679 bits per heavy atom. The van der Waals surface area contributed by atoms with Crippen LogP contribution < -0.4 is 0 Å². The van der Waals surface area contributed by atoms with Crippen molar-refractivity contribution < 1.29 is 22.5 Å². The Bertz CT molecular complexity index is 528. The number of Topliss-reactive ketones (excluding diaryl/α,β-unsaturated/α-hetero) is 1. The molecule has 1 rings (SSSR count). The summed E-state index contributed by atoms with van der Waals surface area (Å²) in [5.41, 5.74) is 0. The third kappa shape index (κ3) is 9.92. The van der Waals surface area contributed by atoms with E-state index in [1.165, 1.54) is 0 Å². The zero-order valence-electron chi connectivity index (χ0n) is 20.3. The molecule has 0 N–H and O–H groups in total. The van der Waals surface area contributed by atoms with E-state index in [2.05, 4.69) is 78.6 Å². The maximum atomic E-state index is 13.2. The monoisotopic (exact) mass is 464 g/mol. The Hall–Kier alpha value is 0.378. The molecule has 0 radical (unpaired) electrons. The summed E-state index contributed by atoms with van der Waals surface area (Å²) in [6, 6.07) is 0. The third-order valence-electron chi connectivity index (χ3n) is 4.06. The lowest BCUT2D eigenvalue weighted by Gasteiger charge is -2.47. The number of ketones is 1. The molecule has 0 spiro atoms. The molecular formula is C19H44O5Si4. The fourth-order valence-corrected chi connectivity index (χ4v) is 7.21. The largest absolute Gasteiger partial charge is 0.417 e. The minimum Gasteiger partial charge on any atom is -0.417 e. The lowest BCUT2D eigenvalue weighted by atomic mass is 9.82. The number of carbonyl (C=O) groups excluding carboxylic acids is 1. The van der Waals surface area contributed by atoms with Crippen molar-refractivity contribution in [3.05, 3.63) is 0 Å². The second-order valence-electron chi connectivity index (χ2n) is 11.9. The first-order valence-corrected chi connectivity index (χ1v) is 24.1. The molecule has 1 aliphatic carbocycles. The van der Waals surface area contributed by atoms with Gasteiger partial charge in [0.15, 0.2) is 39.1 Å². The molecule has 1 saturated carbocycles. The number of hydrogen-bond donors (Lipinski definition) is 0. The molecule has 0 amide bonds. The van der Waals surface area contributed by atoms with E-state index in [1.54, 1.807) is 0 Å². The van der Waals surface area contributed by atoms with Crippen LogP contribution in [-0.2, 0) is 22.5 Å². The summed E-state index contributed by atoms with van der Waals surface area (Å²) >= 11 is 0. The van der Waals surface area contributed by atoms with E-state index in [0.29, 0.717) is 13.0 Å². The van der Waals surface area contributed by atoms with Gasteiger partial charge in [-0.3, -0.25) is 4.79 Å². The summed E-state index contributed by atoms with van der Waals surface area (Å²) in [4.78, 5) is 13.2. The van der Waals surface area contributed by atoms with Gasteiger partial charge in [-0.05, 0) is 78.6 Å². The summed E-state index contributed by atoms with van der Waals surface area (Å²) in [6.45, 7) is 26.5. The van der Waals surface area contributed by atoms with Crippen molar-refractivity contribution in [3.63, 3.8) is 0 Å². The summed E-state index contributed by atoms with van der Waals surface area (Å²) in [5, 5.41) is 0. The zero-order chi connectivity index (χ0) is 22.1. The predicted octanol–water partition coefficient (Wildman–Crippen LogP) is 5.09. The molecule has 28 heavy (non-hydrogen) atoms. The van der Waals surface area contributed by atoms with E-state index in [-0.39, 0.29) is 23.9 Å². The van der Waals surface area contributed by atoms with Crippen LogP contribution in [0.4, 0.5) is 0 Å². The van der Waals surface area contributed by atoms with Gasteiger partial charge in [0.1, 0.15) is 12.2 Å². The average Bonchev–Trinajstić information content (AvgIpc) is 2.39. The van der Waals surface area contributed by atoms with Crippen LogP contribution in [0.2, 0.25) is 78.6 Å². The molecule has 1 aliphatic rings. The van der Waals surface area contributed by atoms with Gasteiger partial charge < -0.3 is 17.7 Å². The second kappa shape index (κ2) is 9.25. The molecule has 1 fully saturated rings. The lowest BCUT2D eigenvalue weighted by molar-refractivity contribution is -0.149. The van der Waals surface area contributed by atoms with Gasteiger partial charge in [-0.15, -0.1) is 0 Å². The van der Waals surface area contributed by atoms with Crippen LogP contribution in [0.15, 0.2) is 0 Å². The van der Waals surface area contributed by atoms with Crippen LogP contribution in [0.3, 0.4) is 0 Å². The zero-order valence-corrected chi connectivity index (χ0v) is 24.3. The first-order valence-electron chi connectivity index (χ1n) is 10.5. The molecule has 4 atom stereocenters. The van der Waals surface area contributed by atoms with Gasteiger partial charge in [-0.2, -0.15) is 0 Å². The summed E-state index contributed by atoms with van der Waals surface area (Å²) in [5.74, 6) is 0.166. The second-order valence-corrected chi connectivity index (χ2v) is 29.8. The van der Waals surface area contributed by atoms with E-state index in [4.69, 9.17) is 17.7 Å². The molecule has 0 unspecified atom stereocenters. The molecule has 0 aromatic carbocycles. The first-order chi connectivity index (χ1) is 12.3. The maximum absolute atomic E-state index is 13.2. The summed E-state index contributed by atoms with van der Waals surface area (Å²) in [6.07, 6.45) is -0.585. The Balaban J connectivity index is 3.28. The topological polar surface area (TPSA) is 54.0 Å². The Morgan fingerprint density at radius 3 is 1.50 bits per heavy atom. The Labute approximate surface area is 177 Å². The maximum Gasteiger partial charge on any atom is 0.184 e. The highest BCUT2D eigenvalue weighted by Crippen LogP contribution is 2.35. The number of carbonyl (C=O) groups is 1. The van der Waals surface area contributed by atoms with Gasteiger partial charge in [0, 0.05) is 18.9 Å². The minimum absolute atomic E-state index is 0.0220. The molecule has 9 heteroatoms. The molecule has 0 aliphatic heterocycles. The summed E-state index contributed by atoms with van der Waals surface area (Å²) in [7, 11) is -7.37. The fourth-order valence-electron chi connectivity index (χ4n) is 3.25. The van der Waals surface area contributed by atoms with E-state index >= 15 is 0 Å². The standard InChI is InChI=1S/C19H44O5Si4/c1-25(2,3)21-14-15-13-16(20)18(23-27(7,8)9)19(24-28(10,11)12)17(15)22-26(4,5)6/h15,17-19H,13-14H2,1-12H3/t15-,17-,18+,19+/m1/s1. The van der Waals surface area contributed by atoms with Crippen molar-refractivity contribution >= 4 is 39.1 Å². The number of rotatable bonds is 9. The first kappa shape index (κ1) is 26.4. The van der Waals surface area contributed by atoms with E-state index < -0.39 is 39.4 Å². The van der Waals surface area contributed by atoms with Gasteiger partial charge in [0.05, 0.1) is 6.10 Å². The van der Waals surface area contributed by atoms with Gasteiger partial charge in [0.25, 0.3) is 0 Å². The molecule has 0 heterocycles.